The summed E-state index contributed by atoms with van der Waals surface area (Å²) < 4.78 is 0.699. The molecule has 2 aromatic carbocycles. The van der Waals surface area contributed by atoms with E-state index >= 15 is 0 Å². The Morgan fingerprint density at radius 1 is 1.15 bits per heavy atom. The Hall–Kier alpha value is -2.89. The van der Waals surface area contributed by atoms with Crippen LogP contribution in [0.4, 0.5) is 16.5 Å². The summed E-state index contributed by atoms with van der Waals surface area (Å²) in [5.74, 6) is -0.0000135. The van der Waals surface area contributed by atoms with Gasteiger partial charge in [0.25, 0.3) is 0 Å². The molecule has 0 aliphatic rings. The first-order valence-corrected chi connectivity index (χ1v) is 9.54. The minimum absolute atomic E-state index is 0.193. The molecule has 0 radical (unpaired) electrons. The van der Waals surface area contributed by atoms with Gasteiger partial charge < -0.3 is 10.6 Å². The van der Waals surface area contributed by atoms with Crippen LogP contribution in [0.3, 0.4) is 0 Å². The number of benzene rings is 2. The number of aryl methyl sites for hydroxylation is 1. The lowest BCUT2D eigenvalue weighted by Gasteiger charge is -2.05. The summed E-state index contributed by atoms with van der Waals surface area (Å²) in [7, 11) is 0. The maximum atomic E-state index is 12.1. The maximum absolute atomic E-state index is 12.1. The standard InChI is InChI=1S/C18H15N5OS2/c1-12-6-2-4-8-14(12)21-17-22-23-18(26-17)25-11-16(24)20-15-9-5-3-7-13(15)10-19/h2-9H,11H2,1H3,(H,20,24)(H,21,22). The Bertz CT molecular complexity index is 964. The van der Waals surface area contributed by atoms with Crippen molar-refractivity contribution in [1.82, 2.24) is 10.2 Å². The number of carbonyl (C=O) groups is 1. The number of anilines is 3. The first kappa shape index (κ1) is 17.9. The van der Waals surface area contributed by atoms with Crippen LogP contribution >= 0.6 is 23.1 Å². The molecule has 0 saturated carbocycles. The highest BCUT2D eigenvalue weighted by Crippen LogP contribution is 2.28. The highest BCUT2D eigenvalue weighted by Gasteiger charge is 2.10. The van der Waals surface area contributed by atoms with Crippen molar-refractivity contribution in [1.29, 1.82) is 5.26 Å². The topological polar surface area (TPSA) is 90.7 Å². The molecule has 0 aliphatic heterocycles. The first-order chi connectivity index (χ1) is 12.7. The Morgan fingerprint density at radius 2 is 1.88 bits per heavy atom. The molecule has 1 aromatic heterocycles. The second-order valence-corrected chi connectivity index (χ2v) is 7.51. The Morgan fingerprint density at radius 3 is 2.65 bits per heavy atom. The quantitative estimate of drug-likeness (QED) is 0.622. The molecule has 3 aromatic rings. The van der Waals surface area contributed by atoms with Gasteiger partial charge in [0.1, 0.15) is 6.07 Å². The van der Waals surface area contributed by atoms with Gasteiger partial charge in [0.2, 0.25) is 11.0 Å². The Balaban J connectivity index is 1.56. The predicted molar refractivity (Wildman–Crippen MR) is 105 cm³/mol. The first-order valence-electron chi connectivity index (χ1n) is 7.73. The van der Waals surface area contributed by atoms with Crippen molar-refractivity contribution < 1.29 is 4.79 Å². The predicted octanol–water partition coefficient (Wildman–Crippen LogP) is 4.19. The van der Waals surface area contributed by atoms with Crippen molar-refractivity contribution in [3.8, 4) is 6.07 Å². The summed E-state index contributed by atoms with van der Waals surface area (Å²) in [6.45, 7) is 2.02. The minimum Gasteiger partial charge on any atom is -0.330 e. The fraction of sp³-hybridized carbons (Fsp3) is 0.111. The van der Waals surface area contributed by atoms with Gasteiger partial charge in [-0.1, -0.05) is 53.4 Å². The van der Waals surface area contributed by atoms with Crippen LogP contribution in [0.5, 0.6) is 0 Å². The van der Waals surface area contributed by atoms with E-state index in [4.69, 9.17) is 5.26 Å². The van der Waals surface area contributed by atoms with E-state index in [0.29, 0.717) is 20.7 Å². The number of thioether (sulfide) groups is 1. The Labute approximate surface area is 159 Å². The van der Waals surface area contributed by atoms with E-state index in [0.717, 1.165) is 11.3 Å². The molecule has 0 bridgehead atoms. The van der Waals surface area contributed by atoms with Crippen molar-refractivity contribution in [2.45, 2.75) is 11.3 Å². The molecule has 0 spiro atoms. The molecule has 0 unspecified atom stereocenters. The average Bonchev–Trinajstić information content (AvgIpc) is 3.10. The number of para-hydroxylation sites is 2. The van der Waals surface area contributed by atoms with E-state index in [1.807, 2.05) is 31.2 Å². The largest absolute Gasteiger partial charge is 0.330 e. The van der Waals surface area contributed by atoms with Crippen molar-refractivity contribution in [2.75, 3.05) is 16.4 Å². The molecule has 6 nitrogen and oxygen atoms in total. The van der Waals surface area contributed by atoms with Crippen LogP contribution in [0, 0.1) is 18.3 Å². The van der Waals surface area contributed by atoms with Crippen LogP contribution in [-0.4, -0.2) is 21.9 Å². The summed E-state index contributed by atoms with van der Waals surface area (Å²) >= 11 is 2.70. The molecule has 0 fully saturated rings. The van der Waals surface area contributed by atoms with E-state index in [1.165, 1.54) is 23.1 Å². The summed E-state index contributed by atoms with van der Waals surface area (Å²) in [6, 6.07) is 16.9. The summed E-state index contributed by atoms with van der Waals surface area (Å²) in [5, 5.41) is 23.9. The molecule has 26 heavy (non-hydrogen) atoms. The van der Waals surface area contributed by atoms with Crippen LogP contribution in [0.25, 0.3) is 0 Å². The molecule has 130 valence electrons. The third kappa shape index (κ3) is 4.59. The zero-order valence-corrected chi connectivity index (χ0v) is 15.5. The van der Waals surface area contributed by atoms with Gasteiger partial charge >= 0.3 is 0 Å². The molecule has 8 heteroatoms. The zero-order chi connectivity index (χ0) is 18.4. The zero-order valence-electron chi connectivity index (χ0n) is 13.9. The van der Waals surface area contributed by atoms with Crippen LogP contribution in [0.15, 0.2) is 52.9 Å². The molecule has 1 heterocycles. The number of amides is 1. The van der Waals surface area contributed by atoms with Gasteiger partial charge in [-0.05, 0) is 30.7 Å². The SMILES string of the molecule is Cc1ccccc1Nc1nnc(SCC(=O)Nc2ccccc2C#N)s1. The van der Waals surface area contributed by atoms with Crippen LogP contribution in [0.1, 0.15) is 11.1 Å². The monoisotopic (exact) mass is 381 g/mol. The smallest absolute Gasteiger partial charge is 0.234 e. The van der Waals surface area contributed by atoms with Gasteiger partial charge in [0.05, 0.1) is 17.0 Å². The van der Waals surface area contributed by atoms with E-state index in [1.54, 1.807) is 24.3 Å². The second-order valence-electron chi connectivity index (χ2n) is 5.31. The maximum Gasteiger partial charge on any atom is 0.234 e. The van der Waals surface area contributed by atoms with Gasteiger partial charge in [0.15, 0.2) is 4.34 Å². The van der Waals surface area contributed by atoms with E-state index < -0.39 is 0 Å². The number of carbonyl (C=O) groups excluding carboxylic acids is 1. The third-order valence-electron chi connectivity index (χ3n) is 3.44. The van der Waals surface area contributed by atoms with Gasteiger partial charge in [-0.15, -0.1) is 10.2 Å². The molecular formula is C18H15N5OS2. The lowest BCUT2D eigenvalue weighted by Crippen LogP contribution is -2.14. The molecule has 0 aliphatic carbocycles. The minimum atomic E-state index is -0.193. The molecular weight excluding hydrogens is 366 g/mol. The number of hydrogen-bond acceptors (Lipinski definition) is 7. The van der Waals surface area contributed by atoms with Gasteiger partial charge in [-0.25, -0.2) is 0 Å². The number of nitrogens with one attached hydrogen (secondary N) is 2. The van der Waals surface area contributed by atoms with Crippen LogP contribution in [-0.2, 0) is 4.79 Å². The number of nitrogens with zero attached hydrogens (tertiary/aromatic N) is 3. The van der Waals surface area contributed by atoms with Gasteiger partial charge in [-0.2, -0.15) is 5.26 Å². The number of hydrogen-bond donors (Lipinski definition) is 2. The fourth-order valence-electron chi connectivity index (χ4n) is 2.15. The Kier molecular flexibility index (Phi) is 5.84. The summed E-state index contributed by atoms with van der Waals surface area (Å²) in [4.78, 5) is 12.1. The lowest BCUT2D eigenvalue weighted by molar-refractivity contribution is -0.113. The van der Waals surface area contributed by atoms with Crippen molar-refractivity contribution >= 4 is 45.5 Å². The van der Waals surface area contributed by atoms with Gasteiger partial charge in [0, 0.05) is 5.69 Å². The molecule has 3 rings (SSSR count). The van der Waals surface area contributed by atoms with E-state index in [9.17, 15) is 4.79 Å². The van der Waals surface area contributed by atoms with Crippen LogP contribution < -0.4 is 10.6 Å². The number of aromatic nitrogens is 2. The van der Waals surface area contributed by atoms with Gasteiger partial charge in [-0.3, -0.25) is 4.79 Å². The molecule has 0 atom stereocenters. The fourth-order valence-corrected chi connectivity index (χ4v) is 3.71. The second kappa shape index (κ2) is 8.47. The average molecular weight is 381 g/mol. The molecule has 1 amide bonds. The molecule has 2 N–H and O–H groups in total. The molecule has 0 saturated heterocycles. The van der Waals surface area contributed by atoms with Crippen LogP contribution in [0.2, 0.25) is 0 Å². The van der Waals surface area contributed by atoms with Crippen molar-refractivity contribution in [2.24, 2.45) is 0 Å². The highest BCUT2D eigenvalue weighted by atomic mass is 32.2. The lowest BCUT2D eigenvalue weighted by atomic mass is 10.2. The van der Waals surface area contributed by atoms with Crippen molar-refractivity contribution in [3.05, 3.63) is 59.7 Å². The van der Waals surface area contributed by atoms with E-state index in [2.05, 4.69) is 26.9 Å². The summed E-state index contributed by atoms with van der Waals surface area (Å²) in [6.07, 6.45) is 0. The highest BCUT2D eigenvalue weighted by molar-refractivity contribution is 8.01. The van der Waals surface area contributed by atoms with Crippen molar-refractivity contribution in [3.63, 3.8) is 0 Å². The number of nitriles is 1. The number of rotatable bonds is 6. The summed E-state index contributed by atoms with van der Waals surface area (Å²) in [5.41, 5.74) is 3.05. The normalized spacial score (nSPS) is 10.2. The van der Waals surface area contributed by atoms with E-state index in [-0.39, 0.29) is 11.7 Å². The third-order valence-corrected chi connectivity index (χ3v) is 5.41.